The van der Waals surface area contributed by atoms with Crippen LogP contribution in [0, 0.1) is 0 Å². The number of hydrogen-bond donors (Lipinski definition) is 3. The minimum atomic E-state index is -0.281. The number of hydrogen-bond acceptors (Lipinski definition) is 4. The van der Waals surface area contributed by atoms with Crippen LogP contribution < -0.4 is 5.32 Å². The lowest BCUT2D eigenvalue weighted by Crippen LogP contribution is -2.37. The van der Waals surface area contributed by atoms with Crippen LogP contribution in [0.2, 0.25) is 0 Å². The molecule has 1 fully saturated rings. The zero-order valence-electron chi connectivity index (χ0n) is 11.8. The SMILES string of the molecule is CN(CCNC(=O)c1cc(O)cc(O)c1)C1CCCC1. The van der Waals surface area contributed by atoms with Crippen LogP contribution in [0.15, 0.2) is 18.2 Å². The van der Waals surface area contributed by atoms with Gasteiger partial charge in [-0.3, -0.25) is 4.79 Å². The highest BCUT2D eigenvalue weighted by Gasteiger charge is 2.19. The molecular formula is C15H22N2O3. The van der Waals surface area contributed by atoms with Gasteiger partial charge in [-0.2, -0.15) is 0 Å². The molecule has 0 spiro atoms. The van der Waals surface area contributed by atoms with Gasteiger partial charge in [-0.25, -0.2) is 0 Å². The molecule has 1 aliphatic carbocycles. The molecule has 5 nitrogen and oxygen atoms in total. The van der Waals surface area contributed by atoms with Gasteiger partial charge in [-0.05, 0) is 32.0 Å². The third-order valence-electron chi connectivity index (χ3n) is 3.86. The molecule has 110 valence electrons. The summed E-state index contributed by atoms with van der Waals surface area (Å²) in [5, 5.41) is 21.5. The number of likely N-dealkylation sites (N-methyl/N-ethyl adjacent to an activating group) is 1. The Kier molecular flexibility index (Phi) is 4.84. The molecule has 1 aromatic carbocycles. The van der Waals surface area contributed by atoms with Crippen LogP contribution in [-0.4, -0.2) is 47.2 Å². The molecule has 0 bridgehead atoms. The molecule has 0 radical (unpaired) electrons. The van der Waals surface area contributed by atoms with E-state index in [1.165, 1.54) is 43.9 Å². The number of phenols is 2. The summed E-state index contributed by atoms with van der Waals surface area (Å²) in [6, 6.07) is 4.52. The van der Waals surface area contributed by atoms with Crippen molar-refractivity contribution in [1.29, 1.82) is 0 Å². The zero-order chi connectivity index (χ0) is 14.5. The molecule has 1 aromatic rings. The number of carbonyl (C=O) groups is 1. The van der Waals surface area contributed by atoms with Gasteiger partial charge in [-0.15, -0.1) is 0 Å². The largest absolute Gasteiger partial charge is 0.508 e. The standard InChI is InChI=1S/C15H22N2O3/c1-17(12-4-2-3-5-12)7-6-16-15(20)11-8-13(18)10-14(19)9-11/h8-10,12,18-19H,2-7H2,1H3,(H,16,20). The molecule has 1 aliphatic rings. The molecule has 1 saturated carbocycles. The van der Waals surface area contributed by atoms with Crippen LogP contribution in [0.5, 0.6) is 11.5 Å². The van der Waals surface area contributed by atoms with Crippen molar-refractivity contribution in [2.45, 2.75) is 31.7 Å². The summed E-state index contributed by atoms with van der Waals surface area (Å²) in [5.41, 5.74) is 0.269. The quantitative estimate of drug-likeness (QED) is 0.766. The Balaban J connectivity index is 1.79. The molecule has 0 aromatic heterocycles. The topological polar surface area (TPSA) is 72.8 Å². The molecule has 0 atom stereocenters. The van der Waals surface area contributed by atoms with Gasteiger partial charge >= 0.3 is 0 Å². The summed E-state index contributed by atoms with van der Waals surface area (Å²) in [6.45, 7) is 1.36. The summed E-state index contributed by atoms with van der Waals surface area (Å²) in [5.74, 6) is -0.507. The van der Waals surface area contributed by atoms with Gasteiger partial charge in [0.15, 0.2) is 0 Å². The fourth-order valence-corrected chi connectivity index (χ4v) is 2.70. The van der Waals surface area contributed by atoms with Gasteiger partial charge < -0.3 is 20.4 Å². The average Bonchev–Trinajstić information content (AvgIpc) is 2.91. The number of carbonyl (C=O) groups excluding carboxylic acids is 1. The lowest BCUT2D eigenvalue weighted by Gasteiger charge is -2.23. The Morgan fingerprint density at radius 3 is 2.45 bits per heavy atom. The van der Waals surface area contributed by atoms with Gasteiger partial charge in [-0.1, -0.05) is 12.8 Å². The molecule has 0 unspecified atom stereocenters. The van der Waals surface area contributed by atoms with Gasteiger partial charge in [0.1, 0.15) is 11.5 Å². The van der Waals surface area contributed by atoms with Crippen LogP contribution >= 0.6 is 0 Å². The van der Waals surface area contributed by atoms with Gasteiger partial charge in [0.2, 0.25) is 0 Å². The number of nitrogens with one attached hydrogen (secondary N) is 1. The predicted molar refractivity (Wildman–Crippen MR) is 77.0 cm³/mol. The number of aromatic hydroxyl groups is 2. The first kappa shape index (κ1) is 14.7. The number of phenolic OH excluding ortho intramolecular Hbond substituents is 2. The maximum absolute atomic E-state index is 11.9. The predicted octanol–water partition coefficient (Wildman–Crippen LogP) is 1.70. The number of benzene rings is 1. The van der Waals surface area contributed by atoms with Crippen molar-refractivity contribution in [3.05, 3.63) is 23.8 Å². The third kappa shape index (κ3) is 3.87. The van der Waals surface area contributed by atoms with E-state index in [1.54, 1.807) is 0 Å². The highest BCUT2D eigenvalue weighted by Crippen LogP contribution is 2.22. The summed E-state index contributed by atoms with van der Waals surface area (Å²) in [6.07, 6.45) is 5.07. The second-order valence-electron chi connectivity index (χ2n) is 5.41. The van der Waals surface area contributed by atoms with E-state index in [-0.39, 0.29) is 23.0 Å². The van der Waals surface area contributed by atoms with Crippen LogP contribution in [-0.2, 0) is 0 Å². The zero-order valence-corrected chi connectivity index (χ0v) is 11.8. The fourth-order valence-electron chi connectivity index (χ4n) is 2.70. The van der Waals surface area contributed by atoms with Crippen molar-refractivity contribution < 1.29 is 15.0 Å². The van der Waals surface area contributed by atoms with E-state index in [2.05, 4.69) is 17.3 Å². The van der Waals surface area contributed by atoms with Crippen LogP contribution in [0.25, 0.3) is 0 Å². The van der Waals surface area contributed by atoms with Crippen molar-refractivity contribution in [1.82, 2.24) is 10.2 Å². The van der Waals surface area contributed by atoms with Gasteiger partial charge in [0.05, 0.1) is 0 Å². The minimum absolute atomic E-state index is 0.113. The summed E-state index contributed by atoms with van der Waals surface area (Å²) < 4.78 is 0. The van der Waals surface area contributed by atoms with E-state index in [9.17, 15) is 15.0 Å². The molecule has 0 aliphatic heterocycles. The first-order chi connectivity index (χ1) is 9.56. The molecule has 20 heavy (non-hydrogen) atoms. The van der Waals surface area contributed by atoms with Crippen molar-refractivity contribution in [3.8, 4) is 11.5 Å². The van der Waals surface area contributed by atoms with E-state index in [1.807, 2.05) is 0 Å². The number of amides is 1. The van der Waals surface area contributed by atoms with Crippen LogP contribution in [0.4, 0.5) is 0 Å². The monoisotopic (exact) mass is 278 g/mol. The Hall–Kier alpha value is -1.75. The normalized spacial score (nSPS) is 15.7. The van der Waals surface area contributed by atoms with Crippen LogP contribution in [0.3, 0.4) is 0 Å². The Morgan fingerprint density at radius 2 is 1.85 bits per heavy atom. The second-order valence-corrected chi connectivity index (χ2v) is 5.41. The third-order valence-corrected chi connectivity index (χ3v) is 3.86. The molecule has 0 heterocycles. The maximum Gasteiger partial charge on any atom is 0.251 e. The van der Waals surface area contributed by atoms with Gasteiger partial charge in [0, 0.05) is 30.8 Å². The molecular weight excluding hydrogens is 256 g/mol. The Morgan fingerprint density at radius 1 is 1.25 bits per heavy atom. The summed E-state index contributed by atoms with van der Waals surface area (Å²) in [7, 11) is 2.09. The van der Waals surface area contributed by atoms with E-state index in [4.69, 9.17) is 0 Å². The second kappa shape index (κ2) is 6.61. The maximum atomic E-state index is 11.9. The van der Waals surface area contributed by atoms with E-state index in [0.717, 1.165) is 6.54 Å². The van der Waals surface area contributed by atoms with E-state index >= 15 is 0 Å². The number of nitrogens with zero attached hydrogens (tertiary/aromatic N) is 1. The first-order valence-electron chi connectivity index (χ1n) is 7.08. The van der Waals surface area contributed by atoms with Crippen molar-refractivity contribution >= 4 is 5.91 Å². The fraction of sp³-hybridized carbons (Fsp3) is 0.533. The van der Waals surface area contributed by atoms with E-state index < -0.39 is 0 Å². The number of rotatable bonds is 5. The Labute approximate surface area is 119 Å². The summed E-state index contributed by atoms with van der Waals surface area (Å²) in [4.78, 5) is 14.2. The lowest BCUT2D eigenvalue weighted by molar-refractivity contribution is 0.0946. The average molecular weight is 278 g/mol. The highest BCUT2D eigenvalue weighted by molar-refractivity contribution is 5.95. The highest BCUT2D eigenvalue weighted by atomic mass is 16.3. The van der Waals surface area contributed by atoms with Crippen molar-refractivity contribution in [2.24, 2.45) is 0 Å². The molecule has 0 saturated heterocycles. The molecule has 2 rings (SSSR count). The van der Waals surface area contributed by atoms with Gasteiger partial charge in [0.25, 0.3) is 5.91 Å². The van der Waals surface area contributed by atoms with E-state index in [0.29, 0.717) is 12.6 Å². The Bertz CT molecular complexity index is 450. The summed E-state index contributed by atoms with van der Waals surface area (Å²) >= 11 is 0. The van der Waals surface area contributed by atoms with Crippen molar-refractivity contribution in [2.75, 3.05) is 20.1 Å². The minimum Gasteiger partial charge on any atom is -0.508 e. The van der Waals surface area contributed by atoms with Crippen molar-refractivity contribution in [3.63, 3.8) is 0 Å². The van der Waals surface area contributed by atoms with Crippen LogP contribution in [0.1, 0.15) is 36.0 Å². The molecule has 5 heteroatoms. The lowest BCUT2D eigenvalue weighted by atomic mass is 10.2. The molecule has 1 amide bonds. The first-order valence-corrected chi connectivity index (χ1v) is 7.08. The molecule has 3 N–H and O–H groups in total. The smallest absolute Gasteiger partial charge is 0.251 e.